The van der Waals surface area contributed by atoms with E-state index in [0.717, 1.165) is 32.0 Å². The van der Waals surface area contributed by atoms with E-state index in [2.05, 4.69) is 27.1 Å². The van der Waals surface area contributed by atoms with E-state index in [-0.39, 0.29) is 5.91 Å². The van der Waals surface area contributed by atoms with Crippen molar-refractivity contribution in [1.82, 2.24) is 9.88 Å². The number of benzene rings is 1. The molecule has 2 heterocycles. The lowest BCUT2D eigenvalue weighted by Gasteiger charge is -2.33. The molecule has 0 aliphatic carbocycles. The van der Waals surface area contributed by atoms with Gasteiger partial charge in [0.2, 0.25) is 0 Å². The number of nitrogens with zero attached hydrogens (tertiary/aromatic N) is 4. The maximum atomic E-state index is 12.3. The Morgan fingerprint density at radius 2 is 1.89 bits per heavy atom. The Morgan fingerprint density at radius 3 is 2.48 bits per heavy atom. The smallest absolute Gasteiger partial charge is 0.265 e. The number of piperazine rings is 1. The van der Waals surface area contributed by atoms with Crippen LogP contribution in [-0.4, -0.2) is 55.1 Å². The van der Waals surface area contributed by atoms with Gasteiger partial charge >= 0.3 is 0 Å². The molecule has 1 amide bonds. The van der Waals surface area contributed by atoms with Gasteiger partial charge in [-0.25, -0.2) is 4.98 Å². The highest BCUT2D eigenvalue weighted by molar-refractivity contribution is 5.94. The van der Waals surface area contributed by atoms with E-state index in [9.17, 15) is 4.79 Å². The van der Waals surface area contributed by atoms with Crippen molar-refractivity contribution in [1.29, 1.82) is 5.26 Å². The molecule has 140 valence electrons. The lowest BCUT2D eigenvalue weighted by atomic mass is 10.2. The summed E-state index contributed by atoms with van der Waals surface area (Å²) < 4.78 is 5.62. The minimum absolute atomic E-state index is 0.256. The van der Waals surface area contributed by atoms with Gasteiger partial charge in [0.1, 0.15) is 11.6 Å². The molecular formula is C20H23N5O2. The van der Waals surface area contributed by atoms with Gasteiger partial charge in [-0.1, -0.05) is 0 Å². The Kier molecular flexibility index (Phi) is 5.89. The fourth-order valence-electron chi connectivity index (χ4n) is 2.79. The zero-order valence-electron chi connectivity index (χ0n) is 15.6. The number of carbonyl (C=O) groups is 1. The van der Waals surface area contributed by atoms with Gasteiger partial charge in [-0.05, 0) is 50.4 Å². The quantitative estimate of drug-likeness (QED) is 0.874. The number of amides is 1. The third-order valence-electron chi connectivity index (χ3n) is 4.51. The van der Waals surface area contributed by atoms with E-state index in [1.165, 1.54) is 0 Å². The Balaban J connectivity index is 1.54. The van der Waals surface area contributed by atoms with E-state index in [4.69, 9.17) is 10.00 Å². The molecule has 7 nitrogen and oxygen atoms in total. The lowest BCUT2D eigenvalue weighted by Crippen LogP contribution is -2.44. The van der Waals surface area contributed by atoms with Crippen LogP contribution in [0.1, 0.15) is 12.5 Å². The van der Waals surface area contributed by atoms with Gasteiger partial charge in [-0.2, -0.15) is 5.26 Å². The minimum Gasteiger partial charge on any atom is -0.481 e. The second kappa shape index (κ2) is 8.52. The van der Waals surface area contributed by atoms with Crippen LogP contribution < -0.4 is 15.0 Å². The van der Waals surface area contributed by atoms with Crippen LogP contribution in [0.2, 0.25) is 0 Å². The van der Waals surface area contributed by atoms with Crippen LogP contribution in [0.15, 0.2) is 42.6 Å². The van der Waals surface area contributed by atoms with E-state index < -0.39 is 6.10 Å². The Hall–Kier alpha value is -3.11. The maximum Gasteiger partial charge on any atom is 0.265 e. The number of anilines is 2. The van der Waals surface area contributed by atoms with Crippen LogP contribution in [-0.2, 0) is 4.79 Å². The summed E-state index contributed by atoms with van der Waals surface area (Å²) in [5, 5.41) is 11.6. The average molecular weight is 365 g/mol. The fraction of sp³-hybridized carbons (Fsp3) is 0.350. The number of rotatable bonds is 5. The molecular weight excluding hydrogens is 342 g/mol. The van der Waals surface area contributed by atoms with Gasteiger partial charge in [0.15, 0.2) is 6.10 Å². The number of nitriles is 1. The van der Waals surface area contributed by atoms with Crippen LogP contribution in [0.3, 0.4) is 0 Å². The van der Waals surface area contributed by atoms with Gasteiger partial charge in [0.25, 0.3) is 5.91 Å². The molecule has 0 bridgehead atoms. The first kappa shape index (κ1) is 18.7. The largest absolute Gasteiger partial charge is 0.481 e. The summed E-state index contributed by atoms with van der Waals surface area (Å²) in [6.45, 7) is 5.61. The summed E-state index contributed by atoms with van der Waals surface area (Å²) in [5.41, 5.74) is 1.18. The first-order chi connectivity index (χ1) is 13.0. The Morgan fingerprint density at radius 1 is 1.19 bits per heavy atom. The van der Waals surface area contributed by atoms with Gasteiger partial charge in [-0.15, -0.1) is 0 Å². The van der Waals surface area contributed by atoms with Crippen molar-refractivity contribution in [2.24, 2.45) is 0 Å². The van der Waals surface area contributed by atoms with Crippen LogP contribution in [0.5, 0.6) is 5.75 Å². The Labute approximate surface area is 159 Å². The van der Waals surface area contributed by atoms with E-state index in [1.54, 1.807) is 37.4 Å². The molecule has 0 unspecified atom stereocenters. The first-order valence-corrected chi connectivity index (χ1v) is 8.92. The van der Waals surface area contributed by atoms with E-state index in [0.29, 0.717) is 17.0 Å². The van der Waals surface area contributed by atoms with E-state index in [1.807, 2.05) is 18.2 Å². The normalized spacial score (nSPS) is 15.7. The molecule has 1 N–H and O–H groups in total. The second-order valence-corrected chi connectivity index (χ2v) is 6.58. The predicted molar refractivity (Wildman–Crippen MR) is 104 cm³/mol. The van der Waals surface area contributed by atoms with Gasteiger partial charge in [0, 0.05) is 26.2 Å². The third-order valence-corrected chi connectivity index (χ3v) is 4.51. The van der Waals surface area contributed by atoms with Crippen molar-refractivity contribution in [2.75, 3.05) is 43.4 Å². The highest BCUT2D eigenvalue weighted by Crippen LogP contribution is 2.17. The summed E-state index contributed by atoms with van der Waals surface area (Å²) in [5.74, 6) is 1.21. The van der Waals surface area contributed by atoms with Crippen molar-refractivity contribution in [3.8, 4) is 11.8 Å². The molecule has 7 heteroatoms. The van der Waals surface area contributed by atoms with Crippen LogP contribution in [0.25, 0.3) is 0 Å². The third kappa shape index (κ3) is 4.96. The van der Waals surface area contributed by atoms with Crippen molar-refractivity contribution in [3.05, 3.63) is 48.2 Å². The van der Waals surface area contributed by atoms with Crippen molar-refractivity contribution < 1.29 is 9.53 Å². The minimum atomic E-state index is -0.671. The zero-order valence-corrected chi connectivity index (χ0v) is 15.6. The van der Waals surface area contributed by atoms with Crippen LogP contribution in [0, 0.1) is 11.3 Å². The molecule has 0 spiro atoms. The highest BCUT2D eigenvalue weighted by atomic mass is 16.5. The standard InChI is InChI=1S/C20H23N5O2/c1-15(27-18-6-3-16(13-21)4-7-18)20(26)23-17-5-8-19(22-14-17)25-11-9-24(2)10-12-25/h3-8,14-15H,9-12H2,1-2H3,(H,23,26)/t15-/m0/s1. The average Bonchev–Trinajstić information content (AvgIpc) is 2.70. The summed E-state index contributed by atoms with van der Waals surface area (Å²) in [6.07, 6.45) is 0.996. The molecule has 1 saturated heterocycles. The molecule has 1 aliphatic rings. The number of carbonyl (C=O) groups excluding carboxylic acids is 1. The molecule has 0 saturated carbocycles. The number of hydrogen-bond acceptors (Lipinski definition) is 6. The van der Waals surface area contributed by atoms with Gasteiger partial charge < -0.3 is 19.9 Å². The van der Waals surface area contributed by atoms with Crippen molar-refractivity contribution in [3.63, 3.8) is 0 Å². The predicted octanol–water partition coefficient (Wildman–Crippen LogP) is 2.11. The van der Waals surface area contributed by atoms with Gasteiger partial charge in [0.05, 0.1) is 23.5 Å². The van der Waals surface area contributed by atoms with Crippen molar-refractivity contribution >= 4 is 17.4 Å². The summed E-state index contributed by atoms with van der Waals surface area (Å²) in [4.78, 5) is 21.3. The van der Waals surface area contributed by atoms with Crippen molar-refractivity contribution in [2.45, 2.75) is 13.0 Å². The number of aromatic nitrogens is 1. The highest BCUT2D eigenvalue weighted by Gasteiger charge is 2.17. The molecule has 1 aromatic carbocycles. The Bertz CT molecular complexity index is 806. The van der Waals surface area contributed by atoms with Crippen LogP contribution in [0.4, 0.5) is 11.5 Å². The van der Waals surface area contributed by atoms with E-state index >= 15 is 0 Å². The summed E-state index contributed by atoms with van der Waals surface area (Å²) >= 11 is 0. The lowest BCUT2D eigenvalue weighted by molar-refractivity contribution is -0.122. The molecule has 2 aromatic rings. The molecule has 1 atom stereocenters. The molecule has 3 rings (SSSR count). The number of nitrogens with one attached hydrogen (secondary N) is 1. The van der Waals surface area contributed by atoms with Crippen LogP contribution >= 0.6 is 0 Å². The fourth-order valence-corrected chi connectivity index (χ4v) is 2.79. The molecule has 1 aromatic heterocycles. The molecule has 1 fully saturated rings. The maximum absolute atomic E-state index is 12.3. The number of hydrogen-bond donors (Lipinski definition) is 1. The molecule has 1 aliphatic heterocycles. The second-order valence-electron chi connectivity index (χ2n) is 6.58. The summed E-state index contributed by atoms with van der Waals surface area (Å²) in [7, 11) is 2.12. The first-order valence-electron chi connectivity index (χ1n) is 8.92. The number of ether oxygens (including phenoxy) is 1. The summed E-state index contributed by atoms with van der Waals surface area (Å²) in [6, 6.07) is 12.5. The SMILES string of the molecule is C[C@H](Oc1ccc(C#N)cc1)C(=O)Nc1ccc(N2CCN(C)CC2)nc1. The zero-order chi connectivity index (χ0) is 19.2. The monoisotopic (exact) mass is 365 g/mol. The number of pyridine rings is 1. The molecule has 27 heavy (non-hydrogen) atoms. The molecule has 0 radical (unpaired) electrons. The number of likely N-dealkylation sites (N-methyl/N-ethyl adjacent to an activating group) is 1. The topological polar surface area (TPSA) is 81.5 Å². The van der Waals surface area contributed by atoms with Gasteiger partial charge in [-0.3, -0.25) is 4.79 Å².